The van der Waals surface area contributed by atoms with Gasteiger partial charge in [-0.3, -0.25) is 4.79 Å². The summed E-state index contributed by atoms with van der Waals surface area (Å²) in [6.45, 7) is 2.50. The number of rotatable bonds is 7. The lowest BCUT2D eigenvalue weighted by Crippen LogP contribution is -2.22. The first kappa shape index (κ1) is 20.4. The molecule has 0 aliphatic heterocycles. The van der Waals surface area contributed by atoms with Crippen LogP contribution in [0.1, 0.15) is 23.7 Å². The molecule has 2 rings (SSSR count). The molecule has 0 aliphatic carbocycles. The molecular formula is C18H21BrN2O4S. The maximum absolute atomic E-state index is 12.6. The molecule has 2 aromatic carbocycles. The van der Waals surface area contributed by atoms with Gasteiger partial charge in [0.05, 0.1) is 17.1 Å². The Morgan fingerprint density at radius 1 is 1.15 bits per heavy atom. The summed E-state index contributed by atoms with van der Waals surface area (Å²) in [4.78, 5) is 12.8. The largest absolute Gasteiger partial charge is 0.493 e. The van der Waals surface area contributed by atoms with Crippen molar-refractivity contribution in [1.82, 2.24) is 4.31 Å². The van der Waals surface area contributed by atoms with Gasteiger partial charge in [0, 0.05) is 24.3 Å². The van der Waals surface area contributed by atoms with E-state index in [4.69, 9.17) is 4.74 Å². The van der Waals surface area contributed by atoms with Gasteiger partial charge in [-0.15, -0.1) is 0 Å². The van der Waals surface area contributed by atoms with Crippen LogP contribution in [0, 0.1) is 0 Å². The molecule has 0 aromatic heterocycles. The van der Waals surface area contributed by atoms with Crippen molar-refractivity contribution in [2.75, 3.05) is 26.0 Å². The van der Waals surface area contributed by atoms with Crippen LogP contribution in [0.2, 0.25) is 0 Å². The lowest BCUT2D eigenvalue weighted by Gasteiger charge is -2.13. The molecule has 2 aromatic rings. The zero-order valence-electron chi connectivity index (χ0n) is 14.8. The third-order valence-electron chi connectivity index (χ3n) is 3.54. The van der Waals surface area contributed by atoms with Gasteiger partial charge in [-0.25, -0.2) is 12.7 Å². The van der Waals surface area contributed by atoms with Crippen LogP contribution in [-0.2, 0) is 10.0 Å². The van der Waals surface area contributed by atoms with Crippen LogP contribution in [0.4, 0.5) is 5.69 Å². The Labute approximate surface area is 162 Å². The first-order valence-electron chi connectivity index (χ1n) is 8.02. The first-order chi connectivity index (χ1) is 12.3. The Hall–Kier alpha value is -1.90. The molecule has 0 unspecified atom stereocenters. The van der Waals surface area contributed by atoms with Crippen molar-refractivity contribution >= 4 is 37.5 Å². The normalized spacial score (nSPS) is 11.4. The number of ether oxygens (including phenoxy) is 1. The zero-order valence-corrected chi connectivity index (χ0v) is 17.2. The molecule has 0 heterocycles. The van der Waals surface area contributed by atoms with Gasteiger partial charge < -0.3 is 10.1 Å². The summed E-state index contributed by atoms with van der Waals surface area (Å²) in [5.41, 5.74) is 0.895. The maximum atomic E-state index is 12.6. The highest BCUT2D eigenvalue weighted by Crippen LogP contribution is 2.25. The first-order valence-corrected chi connectivity index (χ1v) is 10.2. The number of benzene rings is 2. The summed E-state index contributed by atoms with van der Waals surface area (Å²) in [6.07, 6.45) is 0.832. The van der Waals surface area contributed by atoms with Crippen LogP contribution in [0.5, 0.6) is 5.75 Å². The van der Waals surface area contributed by atoms with E-state index in [-0.39, 0.29) is 10.8 Å². The minimum Gasteiger partial charge on any atom is -0.493 e. The SMILES string of the molecule is CCCOc1ccc(Br)cc1C(=O)Nc1ccc(S(=O)(=O)N(C)C)cc1. The zero-order chi connectivity index (χ0) is 19.3. The number of hydrogen-bond donors (Lipinski definition) is 1. The summed E-state index contributed by atoms with van der Waals surface area (Å²) in [6, 6.07) is 11.3. The number of halogens is 1. The van der Waals surface area contributed by atoms with Crippen LogP contribution < -0.4 is 10.1 Å². The molecule has 140 valence electrons. The Kier molecular flexibility index (Phi) is 6.80. The lowest BCUT2D eigenvalue weighted by molar-refractivity contribution is 0.102. The number of nitrogens with zero attached hydrogens (tertiary/aromatic N) is 1. The van der Waals surface area contributed by atoms with Crippen molar-refractivity contribution < 1.29 is 17.9 Å². The molecule has 0 radical (unpaired) electrons. The van der Waals surface area contributed by atoms with E-state index in [0.717, 1.165) is 15.2 Å². The molecule has 0 aliphatic rings. The maximum Gasteiger partial charge on any atom is 0.259 e. The molecule has 26 heavy (non-hydrogen) atoms. The monoisotopic (exact) mass is 440 g/mol. The van der Waals surface area contributed by atoms with E-state index in [1.807, 2.05) is 13.0 Å². The van der Waals surface area contributed by atoms with Crippen LogP contribution in [0.15, 0.2) is 51.8 Å². The third kappa shape index (κ3) is 4.84. The molecule has 1 N–H and O–H groups in total. The topological polar surface area (TPSA) is 75.7 Å². The molecule has 6 nitrogen and oxygen atoms in total. The Balaban J connectivity index is 2.21. The van der Waals surface area contributed by atoms with E-state index in [9.17, 15) is 13.2 Å². The summed E-state index contributed by atoms with van der Waals surface area (Å²) < 4.78 is 31.7. The highest BCUT2D eigenvalue weighted by molar-refractivity contribution is 9.10. The second-order valence-corrected chi connectivity index (χ2v) is 8.82. The van der Waals surface area contributed by atoms with E-state index in [2.05, 4.69) is 21.2 Å². The van der Waals surface area contributed by atoms with E-state index >= 15 is 0 Å². The molecule has 0 atom stereocenters. The number of anilines is 1. The number of carbonyl (C=O) groups excluding carboxylic acids is 1. The number of nitrogens with one attached hydrogen (secondary N) is 1. The van der Waals surface area contributed by atoms with Gasteiger partial charge in [-0.2, -0.15) is 0 Å². The third-order valence-corrected chi connectivity index (χ3v) is 5.86. The number of amides is 1. The van der Waals surface area contributed by atoms with Gasteiger partial charge in [0.2, 0.25) is 10.0 Å². The van der Waals surface area contributed by atoms with E-state index in [1.165, 1.54) is 26.2 Å². The van der Waals surface area contributed by atoms with Gasteiger partial charge in [0.25, 0.3) is 5.91 Å². The van der Waals surface area contributed by atoms with Crippen molar-refractivity contribution in [3.8, 4) is 5.75 Å². The molecule has 8 heteroatoms. The fourth-order valence-corrected chi connectivity index (χ4v) is 3.40. The Morgan fingerprint density at radius 3 is 2.38 bits per heavy atom. The molecule has 0 spiro atoms. The van der Waals surface area contributed by atoms with Gasteiger partial charge in [-0.1, -0.05) is 22.9 Å². The van der Waals surface area contributed by atoms with E-state index in [0.29, 0.717) is 23.6 Å². The number of hydrogen-bond acceptors (Lipinski definition) is 4. The molecule has 0 saturated heterocycles. The standard InChI is InChI=1S/C18H21BrN2O4S/c1-4-11-25-17-10-5-13(19)12-16(17)18(22)20-14-6-8-15(9-7-14)26(23,24)21(2)3/h5-10,12H,4,11H2,1-3H3,(H,20,22). The average molecular weight is 441 g/mol. The molecule has 1 amide bonds. The van der Waals surface area contributed by atoms with Crippen molar-refractivity contribution in [1.29, 1.82) is 0 Å². The average Bonchev–Trinajstić information content (AvgIpc) is 2.61. The van der Waals surface area contributed by atoms with Crippen molar-refractivity contribution in [2.45, 2.75) is 18.2 Å². The highest BCUT2D eigenvalue weighted by Gasteiger charge is 2.18. The fourth-order valence-electron chi connectivity index (χ4n) is 2.14. The molecule has 0 bridgehead atoms. The summed E-state index contributed by atoms with van der Waals surface area (Å²) >= 11 is 3.36. The van der Waals surface area contributed by atoms with Gasteiger partial charge >= 0.3 is 0 Å². The smallest absolute Gasteiger partial charge is 0.259 e. The second kappa shape index (κ2) is 8.66. The predicted octanol–water partition coefficient (Wildman–Crippen LogP) is 3.74. The second-order valence-electron chi connectivity index (χ2n) is 5.75. The molecular weight excluding hydrogens is 420 g/mol. The lowest BCUT2D eigenvalue weighted by atomic mass is 10.2. The summed E-state index contributed by atoms with van der Waals surface area (Å²) in [5, 5.41) is 2.76. The summed E-state index contributed by atoms with van der Waals surface area (Å²) in [5.74, 6) is 0.167. The molecule has 0 saturated carbocycles. The van der Waals surface area contributed by atoms with Gasteiger partial charge in [0.15, 0.2) is 0 Å². The van der Waals surface area contributed by atoms with E-state index < -0.39 is 10.0 Å². The Morgan fingerprint density at radius 2 is 1.81 bits per heavy atom. The van der Waals surface area contributed by atoms with Crippen LogP contribution in [0.25, 0.3) is 0 Å². The summed E-state index contributed by atoms with van der Waals surface area (Å²) in [7, 11) is -0.566. The number of sulfonamides is 1. The minimum absolute atomic E-state index is 0.162. The fraction of sp³-hybridized carbons (Fsp3) is 0.278. The van der Waals surface area contributed by atoms with E-state index in [1.54, 1.807) is 24.3 Å². The molecule has 0 fully saturated rings. The van der Waals surface area contributed by atoms with Crippen molar-refractivity contribution in [3.63, 3.8) is 0 Å². The Bertz CT molecular complexity index is 881. The van der Waals surface area contributed by atoms with Gasteiger partial charge in [0.1, 0.15) is 5.75 Å². The highest BCUT2D eigenvalue weighted by atomic mass is 79.9. The van der Waals surface area contributed by atoms with Crippen LogP contribution in [0.3, 0.4) is 0 Å². The van der Waals surface area contributed by atoms with Crippen molar-refractivity contribution in [3.05, 3.63) is 52.5 Å². The van der Waals surface area contributed by atoms with Gasteiger partial charge in [-0.05, 0) is 48.9 Å². The van der Waals surface area contributed by atoms with Crippen LogP contribution in [-0.4, -0.2) is 39.3 Å². The quantitative estimate of drug-likeness (QED) is 0.711. The predicted molar refractivity (Wildman–Crippen MR) is 105 cm³/mol. The van der Waals surface area contributed by atoms with Crippen molar-refractivity contribution in [2.24, 2.45) is 0 Å². The minimum atomic E-state index is -3.50. The number of carbonyl (C=O) groups is 1. The van der Waals surface area contributed by atoms with Crippen LogP contribution >= 0.6 is 15.9 Å².